The maximum absolute atomic E-state index is 10.9. The van der Waals surface area contributed by atoms with Gasteiger partial charge in [0.1, 0.15) is 0 Å². The van der Waals surface area contributed by atoms with Gasteiger partial charge >= 0.3 is 0 Å². The molecule has 0 amide bonds. The number of nitrogens with one attached hydrogen (secondary N) is 1. The molecule has 2 rings (SSSR count). The SMILES string of the molecule is CCC(c1cccc([N+](=O)[O-])c1)N1CCNC(C)C1. The van der Waals surface area contributed by atoms with Gasteiger partial charge in [-0.25, -0.2) is 0 Å². The first-order chi connectivity index (χ1) is 9.11. The Balaban J connectivity index is 2.21. The van der Waals surface area contributed by atoms with Crippen LogP contribution in [-0.2, 0) is 0 Å². The molecule has 1 aromatic rings. The van der Waals surface area contributed by atoms with Gasteiger partial charge in [0.2, 0.25) is 0 Å². The largest absolute Gasteiger partial charge is 0.312 e. The van der Waals surface area contributed by atoms with E-state index in [1.807, 2.05) is 6.07 Å². The van der Waals surface area contributed by atoms with Crippen molar-refractivity contribution >= 4 is 5.69 Å². The van der Waals surface area contributed by atoms with E-state index in [9.17, 15) is 10.1 Å². The van der Waals surface area contributed by atoms with E-state index in [0.29, 0.717) is 6.04 Å². The number of nitro benzene ring substituents is 1. The molecular formula is C14H21N3O2. The van der Waals surface area contributed by atoms with Crippen molar-refractivity contribution in [1.29, 1.82) is 0 Å². The van der Waals surface area contributed by atoms with Gasteiger partial charge in [0.05, 0.1) is 4.92 Å². The first-order valence-corrected chi connectivity index (χ1v) is 6.83. The molecule has 1 fully saturated rings. The molecule has 1 aliphatic rings. The van der Waals surface area contributed by atoms with E-state index in [1.165, 1.54) is 0 Å². The van der Waals surface area contributed by atoms with Gasteiger partial charge in [0, 0.05) is 43.9 Å². The molecule has 0 radical (unpaired) electrons. The summed E-state index contributed by atoms with van der Waals surface area (Å²) < 4.78 is 0. The summed E-state index contributed by atoms with van der Waals surface area (Å²) in [6.07, 6.45) is 0.966. The van der Waals surface area contributed by atoms with Crippen molar-refractivity contribution in [2.24, 2.45) is 0 Å². The quantitative estimate of drug-likeness (QED) is 0.669. The van der Waals surface area contributed by atoms with Crippen molar-refractivity contribution in [1.82, 2.24) is 10.2 Å². The molecule has 1 aliphatic heterocycles. The van der Waals surface area contributed by atoms with Crippen LogP contribution in [0.3, 0.4) is 0 Å². The molecule has 0 spiro atoms. The fourth-order valence-corrected chi connectivity index (χ4v) is 2.80. The smallest absolute Gasteiger partial charge is 0.269 e. The fraction of sp³-hybridized carbons (Fsp3) is 0.571. The average molecular weight is 263 g/mol. The van der Waals surface area contributed by atoms with Crippen molar-refractivity contribution in [3.05, 3.63) is 39.9 Å². The number of non-ortho nitro benzene ring substituents is 1. The first-order valence-electron chi connectivity index (χ1n) is 6.83. The van der Waals surface area contributed by atoms with Gasteiger partial charge in [-0.2, -0.15) is 0 Å². The Kier molecular flexibility index (Phi) is 4.50. The van der Waals surface area contributed by atoms with Crippen LogP contribution in [0.15, 0.2) is 24.3 Å². The standard InChI is InChI=1S/C14H21N3O2/c1-3-14(16-8-7-15-11(2)10-16)12-5-4-6-13(9-12)17(18)19/h4-6,9,11,14-15H,3,7-8,10H2,1-2H3. The van der Waals surface area contributed by atoms with Gasteiger partial charge in [0.15, 0.2) is 0 Å². The Bertz CT molecular complexity index is 450. The second-order valence-electron chi connectivity index (χ2n) is 5.13. The molecule has 1 N–H and O–H groups in total. The topological polar surface area (TPSA) is 58.4 Å². The molecule has 0 saturated carbocycles. The predicted octanol–water partition coefficient (Wildman–Crippen LogP) is 2.34. The summed E-state index contributed by atoms with van der Waals surface area (Å²) in [4.78, 5) is 13.0. The monoisotopic (exact) mass is 263 g/mol. The molecule has 0 aromatic heterocycles. The number of nitrogens with zero attached hydrogens (tertiary/aromatic N) is 2. The Morgan fingerprint density at radius 2 is 2.37 bits per heavy atom. The van der Waals surface area contributed by atoms with Crippen LogP contribution in [0.4, 0.5) is 5.69 Å². The molecule has 5 nitrogen and oxygen atoms in total. The summed E-state index contributed by atoms with van der Waals surface area (Å²) in [6, 6.07) is 7.78. The lowest BCUT2D eigenvalue weighted by Gasteiger charge is -2.37. The minimum atomic E-state index is -0.323. The maximum atomic E-state index is 10.9. The molecule has 1 aromatic carbocycles. The fourth-order valence-electron chi connectivity index (χ4n) is 2.80. The average Bonchev–Trinajstić information content (AvgIpc) is 2.40. The van der Waals surface area contributed by atoms with E-state index in [2.05, 4.69) is 24.1 Å². The second kappa shape index (κ2) is 6.12. The number of hydrogen-bond acceptors (Lipinski definition) is 4. The third-order valence-electron chi connectivity index (χ3n) is 3.69. The normalized spacial score (nSPS) is 22.1. The molecule has 2 atom stereocenters. The molecule has 0 bridgehead atoms. The summed E-state index contributed by atoms with van der Waals surface area (Å²) >= 11 is 0. The molecule has 0 aliphatic carbocycles. The third-order valence-corrected chi connectivity index (χ3v) is 3.69. The number of benzene rings is 1. The molecule has 2 unspecified atom stereocenters. The van der Waals surface area contributed by atoms with E-state index in [1.54, 1.807) is 18.2 Å². The van der Waals surface area contributed by atoms with E-state index in [-0.39, 0.29) is 16.7 Å². The maximum Gasteiger partial charge on any atom is 0.269 e. The lowest BCUT2D eigenvalue weighted by atomic mass is 10.0. The van der Waals surface area contributed by atoms with Gasteiger partial charge < -0.3 is 5.32 Å². The molecule has 104 valence electrons. The van der Waals surface area contributed by atoms with Crippen molar-refractivity contribution in [2.75, 3.05) is 19.6 Å². The van der Waals surface area contributed by atoms with Crippen LogP contribution in [0.5, 0.6) is 0 Å². The van der Waals surface area contributed by atoms with Crippen LogP contribution in [0.1, 0.15) is 31.9 Å². The van der Waals surface area contributed by atoms with Crippen LogP contribution in [-0.4, -0.2) is 35.5 Å². The summed E-state index contributed by atoms with van der Waals surface area (Å²) in [5.74, 6) is 0. The highest BCUT2D eigenvalue weighted by Crippen LogP contribution is 2.27. The van der Waals surface area contributed by atoms with Crippen LogP contribution < -0.4 is 5.32 Å². The van der Waals surface area contributed by atoms with Crippen molar-refractivity contribution in [3.63, 3.8) is 0 Å². The summed E-state index contributed by atoms with van der Waals surface area (Å²) in [5, 5.41) is 14.3. The Hall–Kier alpha value is -1.46. The highest BCUT2D eigenvalue weighted by molar-refractivity contribution is 5.35. The Morgan fingerprint density at radius 3 is 3.00 bits per heavy atom. The van der Waals surface area contributed by atoms with Crippen LogP contribution >= 0.6 is 0 Å². The van der Waals surface area contributed by atoms with Gasteiger partial charge in [-0.1, -0.05) is 19.1 Å². The third kappa shape index (κ3) is 3.30. The van der Waals surface area contributed by atoms with Crippen LogP contribution in [0, 0.1) is 10.1 Å². The summed E-state index contributed by atoms with van der Waals surface area (Å²) in [7, 11) is 0. The molecular weight excluding hydrogens is 242 g/mol. The number of rotatable bonds is 4. The summed E-state index contributed by atoms with van der Waals surface area (Å²) in [6.45, 7) is 7.27. The number of piperazine rings is 1. The van der Waals surface area contributed by atoms with E-state index in [0.717, 1.165) is 31.6 Å². The van der Waals surface area contributed by atoms with Crippen LogP contribution in [0.2, 0.25) is 0 Å². The molecule has 5 heteroatoms. The second-order valence-corrected chi connectivity index (χ2v) is 5.13. The zero-order chi connectivity index (χ0) is 13.8. The highest BCUT2D eigenvalue weighted by atomic mass is 16.6. The van der Waals surface area contributed by atoms with Crippen molar-refractivity contribution in [3.8, 4) is 0 Å². The minimum Gasteiger partial charge on any atom is -0.312 e. The number of hydrogen-bond donors (Lipinski definition) is 1. The lowest BCUT2D eigenvalue weighted by molar-refractivity contribution is -0.385. The first kappa shape index (κ1) is 14.0. The van der Waals surface area contributed by atoms with E-state index < -0.39 is 0 Å². The highest BCUT2D eigenvalue weighted by Gasteiger charge is 2.24. The lowest BCUT2D eigenvalue weighted by Crippen LogP contribution is -2.50. The zero-order valence-corrected chi connectivity index (χ0v) is 11.5. The van der Waals surface area contributed by atoms with Gasteiger partial charge in [-0.05, 0) is 18.9 Å². The van der Waals surface area contributed by atoms with Crippen LogP contribution in [0.25, 0.3) is 0 Å². The molecule has 1 heterocycles. The Morgan fingerprint density at radius 1 is 1.58 bits per heavy atom. The minimum absolute atomic E-state index is 0.180. The van der Waals surface area contributed by atoms with E-state index >= 15 is 0 Å². The van der Waals surface area contributed by atoms with Crippen molar-refractivity contribution < 1.29 is 4.92 Å². The van der Waals surface area contributed by atoms with Gasteiger partial charge in [0.25, 0.3) is 5.69 Å². The summed E-state index contributed by atoms with van der Waals surface area (Å²) in [5.41, 5.74) is 1.23. The van der Waals surface area contributed by atoms with Gasteiger partial charge in [-0.3, -0.25) is 15.0 Å². The molecule has 19 heavy (non-hydrogen) atoms. The number of nitro groups is 1. The van der Waals surface area contributed by atoms with Gasteiger partial charge in [-0.15, -0.1) is 0 Å². The predicted molar refractivity (Wildman–Crippen MR) is 75.2 cm³/mol. The van der Waals surface area contributed by atoms with Crippen molar-refractivity contribution in [2.45, 2.75) is 32.4 Å². The Labute approximate surface area is 113 Å². The van der Waals surface area contributed by atoms with E-state index in [4.69, 9.17) is 0 Å². The molecule has 1 saturated heterocycles. The zero-order valence-electron chi connectivity index (χ0n) is 11.5.